The summed E-state index contributed by atoms with van der Waals surface area (Å²) in [5.74, 6) is 0.696. The molecule has 31 heavy (non-hydrogen) atoms. The predicted molar refractivity (Wildman–Crippen MR) is 123 cm³/mol. The van der Waals surface area contributed by atoms with Gasteiger partial charge in [-0.25, -0.2) is 8.93 Å². The van der Waals surface area contributed by atoms with E-state index in [0.29, 0.717) is 10.6 Å². The van der Waals surface area contributed by atoms with Gasteiger partial charge in [-0.05, 0) is 62.7 Å². The van der Waals surface area contributed by atoms with E-state index >= 15 is 0 Å². The average Bonchev–Trinajstić information content (AvgIpc) is 2.74. The summed E-state index contributed by atoms with van der Waals surface area (Å²) in [5, 5.41) is 0. The zero-order valence-electron chi connectivity index (χ0n) is 17.9. The second-order valence-electron chi connectivity index (χ2n) is 7.31. The molecule has 164 valence electrons. The van der Waals surface area contributed by atoms with E-state index < -0.39 is 26.0 Å². The summed E-state index contributed by atoms with van der Waals surface area (Å²) >= 11 is 0. The third-order valence-electron chi connectivity index (χ3n) is 4.81. The number of hydrogen-bond donors (Lipinski definition) is 1. The molecule has 0 radical (unpaired) electrons. The van der Waals surface area contributed by atoms with E-state index in [1.807, 2.05) is 32.9 Å². The SMILES string of the molecule is COc1ccc([C@@H](C)NS(=O)(=NS(=O)(=O)c2ccc(C)cc2)c2ccc(C)cc2)cc1. The highest BCUT2D eigenvalue weighted by atomic mass is 32.3. The van der Waals surface area contributed by atoms with Crippen molar-refractivity contribution in [2.24, 2.45) is 3.77 Å². The van der Waals surface area contributed by atoms with Crippen molar-refractivity contribution in [3.63, 3.8) is 0 Å². The maximum Gasteiger partial charge on any atom is 0.291 e. The molecule has 8 heteroatoms. The molecule has 0 aromatic heterocycles. The van der Waals surface area contributed by atoms with Crippen LogP contribution in [0.15, 0.2) is 86.4 Å². The van der Waals surface area contributed by atoms with E-state index in [4.69, 9.17) is 4.74 Å². The van der Waals surface area contributed by atoms with Crippen molar-refractivity contribution >= 4 is 19.9 Å². The molecule has 0 aliphatic carbocycles. The second kappa shape index (κ2) is 9.21. The maximum atomic E-state index is 14.0. The third kappa shape index (κ3) is 5.52. The van der Waals surface area contributed by atoms with Crippen molar-refractivity contribution in [1.82, 2.24) is 4.72 Å². The molecule has 3 rings (SSSR count). The first-order valence-electron chi connectivity index (χ1n) is 9.71. The lowest BCUT2D eigenvalue weighted by molar-refractivity contribution is 0.414. The van der Waals surface area contributed by atoms with E-state index in [1.54, 1.807) is 55.6 Å². The van der Waals surface area contributed by atoms with Crippen LogP contribution in [0.2, 0.25) is 0 Å². The fraction of sp³-hybridized carbons (Fsp3) is 0.217. The number of ether oxygens (including phenoxy) is 1. The zero-order valence-corrected chi connectivity index (χ0v) is 19.5. The Morgan fingerprint density at radius 1 is 0.774 bits per heavy atom. The number of benzene rings is 3. The van der Waals surface area contributed by atoms with Crippen molar-refractivity contribution in [3.05, 3.63) is 89.5 Å². The molecule has 0 saturated carbocycles. The molecule has 6 nitrogen and oxygen atoms in total. The Morgan fingerprint density at radius 3 is 1.74 bits per heavy atom. The summed E-state index contributed by atoms with van der Waals surface area (Å²) in [4.78, 5) is 0.297. The fourth-order valence-corrected chi connectivity index (χ4v) is 6.65. The van der Waals surface area contributed by atoms with Gasteiger partial charge >= 0.3 is 0 Å². The maximum absolute atomic E-state index is 14.0. The lowest BCUT2D eigenvalue weighted by atomic mass is 10.1. The molecule has 0 spiro atoms. The van der Waals surface area contributed by atoms with Crippen molar-refractivity contribution in [3.8, 4) is 5.75 Å². The van der Waals surface area contributed by atoms with Gasteiger partial charge in [0.05, 0.1) is 16.9 Å². The number of methoxy groups -OCH3 is 1. The molecule has 2 atom stereocenters. The lowest BCUT2D eigenvalue weighted by Crippen LogP contribution is -2.28. The van der Waals surface area contributed by atoms with Crippen molar-refractivity contribution in [1.29, 1.82) is 0 Å². The number of nitrogens with one attached hydrogen (secondary N) is 1. The molecule has 0 bridgehead atoms. The largest absolute Gasteiger partial charge is 0.497 e. The van der Waals surface area contributed by atoms with E-state index in [9.17, 15) is 12.6 Å². The Labute approximate surface area is 184 Å². The van der Waals surface area contributed by atoms with Gasteiger partial charge in [0.1, 0.15) is 5.75 Å². The van der Waals surface area contributed by atoms with Gasteiger partial charge in [0, 0.05) is 6.04 Å². The summed E-state index contributed by atoms with van der Waals surface area (Å²) in [6.45, 7) is 5.57. The molecule has 1 N–H and O–H groups in total. The van der Waals surface area contributed by atoms with E-state index in [-0.39, 0.29) is 4.90 Å². The summed E-state index contributed by atoms with van der Waals surface area (Å²) in [6, 6.07) is 20.0. The molecule has 0 fully saturated rings. The Bertz CT molecular complexity index is 1260. The van der Waals surface area contributed by atoms with Crippen LogP contribution in [0, 0.1) is 13.8 Å². The number of nitrogens with zero attached hydrogens (tertiary/aromatic N) is 1. The average molecular weight is 459 g/mol. The number of hydrogen-bond acceptors (Lipinski definition) is 4. The normalized spacial score (nSPS) is 14.5. The predicted octanol–water partition coefficient (Wildman–Crippen LogP) is 4.79. The Balaban J connectivity index is 2.08. The molecule has 0 aliphatic heterocycles. The molecule has 1 unspecified atom stereocenters. The van der Waals surface area contributed by atoms with Crippen LogP contribution in [0.3, 0.4) is 0 Å². The van der Waals surface area contributed by atoms with Crippen molar-refractivity contribution in [2.75, 3.05) is 7.11 Å². The molecule has 3 aromatic carbocycles. The van der Waals surface area contributed by atoms with Crippen LogP contribution in [-0.4, -0.2) is 19.7 Å². The zero-order chi connectivity index (χ0) is 22.6. The van der Waals surface area contributed by atoms with Crippen LogP contribution >= 0.6 is 0 Å². The van der Waals surface area contributed by atoms with E-state index in [2.05, 4.69) is 8.49 Å². The minimum Gasteiger partial charge on any atom is -0.497 e. The van der Waals surface area contributed by atoms with Crippen LogP contribution in [0.4, 0.5) is 0 Å². The van der Waals surface area contributed by atoms with Crippen LogP contribution < -0.4 is 9.46 Å². The van der Waals surface area contributed by atoms with E-state index in [1.165, 1.54) is 12.1 Å². The number of rotatable bonds is 7. The highest BCUT2D eigenvalue weighted by Gasteiger charge is 2.23. The van der Waals surface area contributed by atoms with Gasteiger partial charge in [-0.2, -0.15) is 8.42 Å². The number of aryl methyl sites for hydroxylation is 2. The first-order chi connectivity index (χ1) is 14.6. The van der Waals surface area contributed by atoms with Crippen molar-refractivity contribution < 1.29 is 17.4 Å². The second-order valence-corrected chi connectivity index (χ2v) is 11.1. The highest BCUT2D eigenvalue weighted by molar-refractivity contribution is 8.02. The minimum atomic E-state index is -4.16. The van der Waals surface area contributed by atoms with Crippen LogP contribution in [-0.2, 0) is 19.9 Å². The summed E-state index contributed by atoms with van der Waals surface area (Å²) in [7, 11) is -6.09. The van der Waals surface area contributed by atoms with Gasteiger partial charge in [-0.3, -0.25) is 0 Å². The molecular formula is C23H26N2O4S2. The van der Waals surface area contributed by atoms with Crippen LogP contribution in [0.1, 0.15) is 29.7 Å². The molecule has 0 heterocycles. The lowest BCUT2D eigenvalue weighted by Gasteiger charge is -2.19. The molecular weight excluding hydrogens is 432 g/mol. The monoisotopic (exact) mass is 458 g/mol. The van der Waals surface area contributed by atoms with Gasteiger partial charge in [0.2, 0.25) is 0 Å². The highest BCUT2D eigenvalue weighted by Crippen LogP contribution is 2.24. The first-order valence-corrected chi connectivity index (χ1v) is 12.7. The van der Waals surface area contributed by atoms with Gasteiger partial charge in [-0.15, -0.1) is 0 Å². The Hall–Kier alpha value is -2.68. The molecule has 0 amide bonds. The topological polar surface area (TPSA) is 84.8 Å². The van der Waals surface area contributed by atoms with E-state index in [0.717, 1.165) is 16.7 Å². The summed E-state index contributed by atoms with van der Waals surface area (Å²) in [6.07, 6.45) is 0. The van der Waals surface area contributed by atoms with Crippen LogP contribution in [0.25, 0.3) is 0 Å². The molecule has 0 saturated heterocycles. The molecule has 3 aromatic rings. The van der Waals surface area contributed by atoms with Gasteiger partial charge in [0.25, 0.3) is 10.0 Å². The van der Waals surface area contributed by atoms with Crippen LogP contribution in [0.5, 0.6) is 5.75 Å². The smallest absolute Gasteiger partial charge is 0.291 e. The third-order valence-corrected chi connectivity index (χ3v) is 8.89. The minimum absolute atomic E-state index is 0.00293. The fourth-order valence-electron chi connectivity index (χ4n) is 2.95. The van der Waals surface area contributed by atoms with Crippen molar-refractivity contribution in [2.45, 2.75) is 36.6 Å². The Kier molecular flexibility index (Phi) is 6.83. The summed E-state index contributed by atoms with van der Waals surface area (Å²) in [5.41, 5.74) is 2.71. The molecule has 0 aliphatic rings. The summed E-state index contributed by atoms with van der Waals surface area (Å²) < 4.78 is 52.0. The van der Waals surface area contributed by atoms with Gasteiger partial charge in [-0.1, -0.05) is 51.3 Å². The number of sulfonamides is 1. The van der Waals surface area contributed by atoms with Gasteiger partial charge in [0.15, 0.2) is 9.92 Å². The Morgan fingerprint density at radius 2 is 1.26 bits per heavy atom. The standard InChI is InChI=1S/C23H26N2O4S2/c1-17-5-13-22(14-6-17)30(26,24-19(3)20-9-11-21(29-4)12-10-20)25-31(27,28)23-15-7-18(2)8-16-23/h5-16,19H,1-4H3,(H,24,25,26)/t19-,30?/m1/s1. The quantitative estimate of drug-likeness (QED) is 0.551. The first kappa shape index (κ1) is 23.0. The van der Waals surface area contributed by atoms with Gasteiger partial charge < -0.3 is 4.74 Å².